The van der Waals surface area contributed by atoms with Gasteiger partial charge in [-0.3, -0.25) is 0 Å². The summed E-state index contributed by atoms with van der Waals surface area (Å²) in [4.78, 5) is 12.0. The molecular formula is C32H19N3O2S. The number of fused-ring (bicyclic) bond motifs is 4. The number of anilines is 3. The Morgan fingerprint density at radius 1 is 0.605 bits per heavy atom. The minimum absolute atomic E-state index is 0.574. The fraction of sp³-hybridized carbons (Fsp3) is 0. The van der Waals surface area contributed by atoms with E-state index in [1.165, 1.54) is 0 Å². The molecule has 0 saturated carbocycles. The molecule has 3 heterocycles. The Balaban J connectivity index is 1.39. The molecule has 38 heavy (non-hydrogen) atoms. The van der Waals surface area contributed by atoms with Crippen molar-refractivity contribution in [1.82, 2.24) is 9.97 Å². The molecule has 0 N–H and O–H groups in total. The molecule has 1 aliphatic rings. The third-order valence-corrected chi connectivity index (χ3v) is 7.78. The molecule has 2 aromatic heterocycles. The van der Waals surface area contributed by atoms with E-state index < -0.39 is 0 Å². The van der Waals surface area contributed by atoms with Gasteiger partial charge in [0.05, 0.1) is 21.6 Å². The fourth-order valence-corrected chi connectivity index (χ4v) is 5.91. The molecule has 0 radical (unpaired) electrons. The van der Waals surface area contributed by atoms with Crippen LogP contribution >= 0.6 is 11.3 Å². The maximum Gasteiger partial charge on any atom is 0.227 e. The number of oxazole rings is 1. The van der Waals surface area contributed by atoms with Crippen LogP contribution in [0.15, 0.2) is 120 Å². The topological polar surface area (TPSA) is 51.4 Å². The van der Waals surface area contributed by atoms with Crippen molar-refractivity contribution >= 4 is 49.7 Å². The number of nitrogens with zero attached hydrogens (tertiary/aromatic N) is 3. The maximum atomic E-state index is 6.26. The lowest BCUT2D eigenvalue weighted by molar-refractivity contribution is 0.477. The summed E-state index contributed by atoms with van der Waals surface area (Å²) in [6.45, 7) is 0. The van der Waals surface area contributed by atoms with E-state index in [0.29, 0.717) is 5.89 Å². The van der Waals surface area contributed by atoms with Gasteiger partial charge in [0.1, 0.15) is 10.5 Å². The number of ether oxygens (including phenoxy) is 1. The molecule has 0 bridgehead atoms. The average Bonchev–Trinajstić information content (AvgIpc) is 3.60. The number of benzene rings is 5. The first-order chi connectivity index (χ1) is 18.8. The van der Waals surface area contributed by atoms with Gasteiger partial charge in [0.2, 0.25) is 5.89 Å². The molecule has 0 saturated heterocycles. The zero-order valence-electron chi connectivity index (χ0n) is 20.0. The molecule has 6 heteroatoms. The predicted molar refractivity (Wildman–Crippen MR) is 153 cm³/mol. The Morgan fingerprint density at radius 2 is 1.26 bits per heavy atom. The lowest BCUT2D eigenvalue weighted by atomic mass is 10.1. The largest absolute Gasteiger partial charge is 0.453 e. The first kappa shape index (κ1) is 21.2. The zero-order chi connectivity index (χ0) is 25.1. The van der Waals surface area contributed by atoms with Crippen LogP contribution in [0.5, 0.6) is 11.5 Å². The Labute approximate surface area is 222 Å². The smallest absolute Gasteiger partial charge is 0.227 e. The lowest BCUT2D eigenvalue weighted by Crippen LogP contribution is -2.15. The molecule has 0 amide bonds. The van der Waals surface area contributed by atoms with Gasteiger partial charge >= 0.3 is 0 Å². The number of hydrogen-bond donors (Lipinski definition) is 0. The Bertz CT molecular complexity index is 1790. The van der Waals surface area contributed by atoms with Gasteiger partial charge in [0.15, 0.2) is 17.1 Å². The summed E-state index contributed by atoms with van der Waals surface area (Å²) in [7, 11) is 0. The Morgan fingerprint density at radius 3 is 2.03 bits per heavy atom. The van der Waals surface area contributed by atoms with Gasteiger partial charge in [-0.25, -0.2) is 9.97 Å². The van der Waals surface area contributed by atoms with E-state index in [9.17, 15) is 0 Å². The second-order valence-electron chi connectivity index (χ2n) is 9.11. The summed E-state index contributed by atoms with van der Waals surface area (Å²) in [5, 5.41) is 0.945. The minimum atomic E-state index is 0.574. The van der Waals surface area contributed by atoms with E-state index >= 15 is 0 Å². The van der Waals surface area contributed by atoms with Crippen LogP contribution in [0.1, 0.15) is 0 Å². The van der Waals surface area contributed by atoms with Crippen LogP contribution in [0, 0.1) is 0 Å². The average molecular weight is 510 g/mol. The summed E-state index contributed by atoms with van der Waals surface area (Å²) >= 11 is 1.68. The quantitative estimate of drug-likeness (QED) is 0.237. The van der Waals surface area contributed by atoms with Crippen LogP contribution < -0.4 is 9.64 Å². The maximum absolute atomic E-state index is 6.26. The number of aromatic nitrogens is 2. The number of para-hydroxylation sites is 7. The molecule has 0 fully saturated rings. The van der Waals surface area contributed by atoms with Crippen LogP contribution in [-0.2, 0) is 0 Å². The Hall–Kier alpha value is -4.94. The van der Waals surface area contributed by atoms with Crippen molar-refractivity contribution in [2.75, 3.05) is 4.90 Å². The number of rotatable bonds is 3. The summed E-state index contributed by atoms with van der Waals surface area (Å²) in [5.41, 5.74) is 7.38. The molecule has 0 unspecified atom stereocenters. The van der Waals surface area contributed by atoms with E-state index in [1.807, 2.05) is 72.8 Å². The summed E-state index contributed by atoms with van der Waals surface area (Å²) in [6, 6.07) is 38.7. The summed E-state index contributed by atoms with van der Waals surface area (Å²) in [6.07, 6.45) is 0. The second-order valence-corrected chi connectivity index (χ2v) is 10.1. The fourth-order valence-electron chi connectivity index (χ4n) is 4.96. The third kappa shape index (κ3) is 3.38. The first-order valence-corrected chi connectivity index (χ1v) is 13.1. The van der Waals surface area contributed by atoms with Crippen molar-refractivity contribution in [3.8, 4) is 33.5 Å². The van der Waals surface area contributed by atoms with Gasteiger partial charge in [-0.15, -0.1) is 11.3 Å². The molecule has 0 aliphatic carbocycles. The molecule has 1 aliphatic heterocycles. The minimum Gasteiger partial charge on any atom is -0.453 e. The summed E-state index contributed by atoms with van der Waals surface area (Å²) < 4.78 is 13.6. The van der Waals surface area contributed by atoms with E-state index in [1.54, 1.807) is 11.3 Å². The van der Waals surface area contributed by atoms with E-state index in [0.717, 1.165) is 66.0 Å². The van der Waals surface area contributed by atoms with Crippen molar-refractivity contribution in [2.45, 2.75) is 0 Å². The van der Waals surface area contributed by atoms with Gasteiger partial charge in [-0.1, -0.05) is 48.5 Å². The van der Waals surface area contributed by atoms with E-state index in [2.05, 4.69) is 47.4 Å². The molecular weight excluding hydrogens is 490 g/mol. The van der Waals surface area contributed by atoms with Crippen LogP contribution in [0.4, 0.5) is 17.1 Å². The van der Waals surface area contributed by atoms with Crippen LogP contribution in [0.25, 0.3) is 43.3 Å². The van der Waals surface area contributed by atoms with Crippen molar-refractivity contribution < 1.29 is 9.15 Å². The number of thiazole rings is 1. The van der Waals surface area contributed by atoms with Crippen molar-refractivity contribution in [3.63, 3.8) is 0 Å². The predicted octanol–water partition coefficient (Wildman–Crippen LogP) is 9.35. The highest BCUT2D eigenvalue weighted by molar-refractivity contribution is 7.21. The first-order valence-electron chi connectivity index (χ1n) is 12.3. The van der Waals surface area contributed by atoms with Crippen molar-refractivity contribution in [1.29, 1.82) is 0 Å². The highest BCUT2D eigenvalue weighted by atomic mass is 32.1. The lowest BCUT2D eigenvalue weighted by Gasteiger charge is -2.33. The molecule has 0 atom stereocenters. The zero-order valence-corrected chi connectivity index (χ0v) is 20.9. The van der Waals surface area contributed by atoms with Crippen LogP contribution in [-0.4, -0.2) is 9.97 Å². The normalized spacial score (nSPS) is 12.4. The molecule has 5 nitrogen and oxygen atoms in total. The number of hydrogen-bond acceptors (Lipinski definition) is 6. The van der Waals surface area contributed by atoms with Crippen molar-refractivity contribution in [2.24, 2.45) is 0 Å². The van der Waals surface area contributed by atoms with E-state index in [-0.39, 0.29) is 0 Å². The molecule has 7 aromatic rings. The highest BCUT2D eigenvalue weighted by Gasteiger charge is 2.26. The Kier molecular flexibility index (Phi) is 4.62. The van der Waals surface area contributed by atoms with Gasteiger partial charge in [0.25, 0.3) is 0 Å². The third-order valence-electron chi connectivity index (χ3n) is 6.69. The van der Waals surface area contributed by atoms with E-state index in [4.69, 9.17) is 19.1 Å². The molecule has 0 spiro atoms. The van der Waals surface area contributed by atoms with Crippen LogP contribution in [0.3, 0.4) is 0 Å². The van der Waals surface area contributed by atoms with Gasteiger partial charge < -0.3 is 14.1 Å². The van der Waals surface area contributed by atoms with Gasteiger partial charge in [-0.2, -0.15) is 0 Å². The highest BCUT2D eigenvalue weighted by Crippen LogP contribution is 2.51. The second kappa shape index (κ2) is 8.30. The SMILES string of the molecule is c1ccc2c(c1)Oc1ccccc1N2c1cc(-c2nc3ccccc3o2)cc(-c2nc3ccccc3s2)c1. The molecule has 180 valence electrons. The summed E-state index contributed by atoms with van der Waals surface area (Å²) in [5.74, 6) is 2.19. The van der Waals surface area contributed by atoms with Crippen LogP contribution in [0.2, 0.25) is 0 Å². The standard InChI is InChI=1S/C32H19N3O2S/c1-5-13-27-23(9-1)33-31(37-27)20-17-21(32-34-24-10-2-8-16-30(24)38-32)19-22(18-20)35-25-11-3-6-14-28(25)36-29-15-7-4-12-26(29)35/h1-19H. The van der Waals surface area contributed by atoms with Gasteiger partial charge in [0, 0.05) is 16.8 Å². The molecule has 8 rings (SSSR count). The van der Waals surface area contributed by atoms with Gasteiger partial charge in [-0.05, 0) is 66.7 Å². The monoisotopic (exact) mass is 509 g/mol. The van der Waals surface area contributed by atoms with Crippen molar-refractivity contribution in [3.05, 3.63) is 115 Å². The molecule has 5 aromatic carbocycles.